The lowest BCUT2D eigenvalue weighted by Crippen LogP contribution is -2.23. The van der Waals surface area contributed by atoms with Gasteiger partial charge >= 0.3 is 5.97 Å². The smallest absolute Gasteiger partial charge is 0.343 e. The van der Waals surface area contributed by atoms with Crippen molar-refractivity contribution < 1.29 is 9.90 Å². The summed E-state index contributed by atoms with van der Waals surface area (Å²) in [4.78, 5) is 29.9. The van der Waals surface area contributed by atoms with E-state index in [1.807, 2.05) is 19.9 Å². The van der Waals surface area contributed by atoms with E-state index in [2.05, 4.69) is 9.97 Å². The molecule has 0 unspecified atom stereocenters. The van der Waals surface area contributed by atoms with E-state index in [9.17, 15) is 14.7 Å². The molecule has 0 aliphatic rings. The molecule has 2 aromatic rings. The molecule has 19 heavy (non-hydrogen) atoms. The Morgan fingerprint density at radius 2 is 1.89 bits per heavy atom. The number of H-pyrrole nitrogens is 1. The first-order valence-corrected chi connectivity index (χ1v) is 5.93. The fourth-order valence-electron chi connectivity index (χ4n) is 1.77. The molecule has 0 aliphatic heterocycles. The molecule has 2 rings (SSSR count). The molecule has 2 N–H and O–H groups in total. The maximum Gasteiger partial charge on any atom is 0.343 e. The van der Waals surface area contributed by atoms with E-state index in [0.717, 1.165) is 0 Å². The monoisotopic (exact) mass is 258 g/mol. The molecule has 0 fully saturated rings. The largest absolute Gasteiger partial charge is 0.477 e. The third-order valence-corrected chi connectivity index (χ3v) is 2.75. The summed E-state index contributed by atoms with van der Waals surface area (Å²) >= 11 is 0. The van der Waals surface area contributed by atoms with Crippen molar-refractivity contribution in [3.63, 3.8) is 0 Å². The van der Waals surface area contributed by atoms with E-state index in [1.165, 1.54) is 0 Å². The molecule has 0 aliphatic carbocycles. The minimum Gasteiger partial charge on any atom is -0.477 e. The average molecular weight is 258 g/mol. The van der Waals surface area contributed by atoms with Crippen molar-refractivity contribution in [3.8, 4) is 11.3 Å². The van der Waals surface area contributed by atoms with Gasteiger partial charge in [0, 0.05) is 11.5 Å². The minimum absolute atomic E-state index is 0.0120. The van der Waals surface area contributed by atoms with Crippen LogP contribution in [0.25, 0.3) is 11.3 Å². The Kier molecular flexibility index (Phi) is 3.46. The number of carbonyl (C=O) groups is 1. The van der Waals surface area contributed by atoms with Gasteiger partial charge in [-0.15, -0.1) is 0 Å². The lowest BCUT2D eigenvalue weighted by Gasteiger charge is -2.09. The summed E-state index contributed by atoms with van der Waals surface area (Å²) < 4.78 is 0. The van der Waals surface area contributed by atoms with E-state index in [1.54, 1.807) is 24.3 Å². The molecule has 98 valence electrons. The van der Waals surface area contributed by atoms with Crippen LogP contribution in [0.2, 0.25) is 0 Å². The van der Waals surface area contributed by atoms with Crippen LogP contribution < -0.4 is 5.56 Å². The molecule has 0 atom stereocenters. The summed E-state index contributed by atoms with van der Waals surface area (Å²) in [5.41, 5.74) is -0.117. The fourth-order valence-corrected chi connectivity index (χ4v) is 1.77. The van der Waals surface area contributed by atoms with Crippen LogP contribution in [0.4, 0.5) is 0 Å². The van der Waals surface area contributed by atoms with Crippen LogP contribution in [0, 0.1) is 0 Å². The van der Waals surface area contributed by atoms with Gasteiger partial charge in [-0.2, -0.15) is 0 Å². The number of aromatic nitrogens is 2. The number of benzene rings is 1. The Morgan fingerprint density at radius 1 is 1.26 bits per heavy atom. The molecule has 0 spiro atoms. The number of nitrogens with one attached hydrogen (secondary N) is 1. The number of aromatic carboxylic acids is 1. The second kappa shape index (κ2) is 5.06. The molecule has 0 bridgehead atoms. The first-order valence-electron chi connectivity index (χ1n) is 5.93. The summed E-state index contributed by atoms with van der Waals surface area (Å²) in [5, 5.41) is 9.18. The van der Waals surface area contributed by atoms with Crippen LogP contribution in [0.5, 0.6) is 0 Å². The van der Waals surface area contributed by atoms with E-state index in [-0.39, 0.29) is 17.2 Å². The maximum atomic E-state index is 11.9. The van der Waals surface area contributed by atoms with Crippen LogP contribution in [0.3, 0.4) is 0 Å². The second-order valence-corrected chi connectivity index (χ2v) is 4.50. The first kappa shape index (κ1) is 13.0. The Morgan fingerprint density at radius 3 is 2.42 bits per heavy atom. The van der Waals surface area contributed by atoms with Gasteiger partial charge in [0.25, 0.3) is 5.56 Å². The summed E-state index contributed by atoms with van der Waals surface area (Å²) in [7, 11) is 0. The highest BCUT2D eigenvalue weighted by atomic mass is 16.4. The highest BCUT2D eigenvalue weighted by Crippen LogP contribution is 2.20. The Balaban J connectivity index is 2.76. The standard InChI is InChI=1S/C14H14N2O3/c1-8(2)12-15-11(9-6-4-3-5-7-9)10(14(18)19)13(17)16-12/h3-8H,1-2H3,(H,18,19)(H,15,16,17). The average Bonchev–Trinajstić information content (AvgIpc) is 2.38. The number of rotatable bonds is 3. The zero-order valence-electron chi connectivity index (χ0n) is 10.7. The number of nitrogens with zero attached hydrogens (tertiary/aromatic N) is 1. The van der Waals surface area contributed by atoms with Crippen LogP contribution in [0.1, 0.15) is 35.9 Å². The molecule has 1 heterocycles. The molecule has 0 saturated carbocycles. The van der Waals surface area contributed by atoms with Gasteiger partial charge < -0.3 is 10.1 Å². The van der Waals surface area contributed by atoms with E-state index in [4.69, 9.17) is 0 Å². The van der Waals surface area contributed by atoms with Crippen LogP contribution in [-0.2, 0) is 0 Å². The van der Waals surface area contributed by atoms with Crippen molar-refractivity contribution in [2.75, 3.05) is 0 Å². The zero-order chi connectivity index (χ0) is 14.0. The lowest BCUT2D eigenvalue weighted by atomic mass is 10.1. The number of hydrogen-bond donors (Lipinski definition) is 2. The highest BCUT2D eigenvalue weighted by Gasteiger charge is 2.20. The quantitative estimate of drug-likeness (QED) is 0.884. The van der Waals surface area contributed by atoms with Crippen LogP contribution in [-0.4, -0.2) is 21.0 Å². The minimum atomic E-state index is -1.28. The molecule has 1 aromatic carbocycles. The van der Waals surface area contributed by atoms with Crippen molar-refractivity contribution in [2.24, 2.45) is 0 Å². The Bertz CT molecular complexity index is 660. The SMILES string of the molecule is CC(C)c1nc(-c2ccccc2)c(C(=O)O)c(=O)[nH]1. The van der Waals surface area contributed by atoms with Crippen LogP contribution >= 0.6 is 0 Å². The molecule has 0 radical (unpaired) electrons. The molecule has 5 heteroatoms. The van der Waals surface area contributed by atoms with Gasteiger partial charge in [-0.3, -0.25) is 4.79 Å². The van der Waals surface area contributed by atoms with Gasteiger partial charge in [-0.05, 0) is 0 Å². The van der Waals surface area contributed by atoms with Gasteiger partial charge in [0.1, 0.15) is 5.82 Å². The topological polar surface area (TPSA) is 83.0 Å². The van der Waals surface area contributed by atoms with Gasteiger partial charge in [0.05, 0.1) is 5.69 Å². The first-order chi connectivity index (χ1) is 9.00. The van der Waals surface area contributed by atoms with E-state index >= 15 is 0 Å². The van der Waals surface area contributed by atoms with Gasteiger partial charge in [-0.1, -0.05) is 44.2 Å². The zero-order valence-corrected chi connectivity index (χ0v) is 10.7. The summed E-state index contributed by atoms with van der Waals surface area (Å²) in [6.45, 7) is 3.76. The van der Waals surface area contributed by atoms with Gasteiger partial charge in [0.2, 0.25) is 0 Å². The summed E-state index contributed by atoms with van der Waals surface area (Å²) in [5.74, 6) is -0.783. The third-order valence-electron chi connectivity index (χ3n) is 2.75. The predicted molar refractivity (Wildman–Crippen MR) is 71.3 cm³/mol. The van der Waals surface area contributed by atoms with Crippen molar-refractivity contribution in [1.29, 1.82) is 0 Å². The van der Waals surface area contributed by atoms with Crippen molar-refractivity contribution in [3.05, 3.63) is 52.1 Å². The van der Waals surface area contributed by atoms with Crippen molar-refractivity contribution in [2.45, 2.75) is 19.8 Å². The number of carboxylic acid groups (broad SMARTS) is 1. The number of aromatic amines is 1. The number of carboxylic acids is 1. The molecular weight excluding hydrogens is 244 g/mol. The molecule has 1 aromatic heterocycles. The molecule has 0 saturated heterocycles. The van der Waals surface area contributed by atoms with E-state index < -0.39 is 11.5 Å². The van der Waals surface area contributed by atoms with Gasteiger partial charge in [-0.25, -0.2) is 9.78 Å². The molecule has 0 amide bonds. The lowest BCUT2D eigenvalue weighted by molar-refractivity contribution is 0.0695. The van der Waals surface area contributed by atoms with Crippen LogP contribution in [0.15, 0.2) is 35.1 Å². The number of hydrogen-bond acceptors (Lipinski definition) is 3. The summed E-state index contributed by atoms with van der Waals surface area (Å²) in [6, 6.07) is 8.84. The Labute approximate surface area is 110 Å². The van der Waals surface area contributed by atoms with Crippen molar-refractivity contribution in [1.82, 2.24) is 9.97 Å². The third kappa shape index (κ3) is 2.54. The Hall–Kier alpha value is -2.43. The normalized spacial score (nSPS) is 10.7. The maximum absolute atomic E-state index is 11.9. The van der Waals surface area contributed by atoms with Crippen molar-refractivity contribution >= 4 is 5.97 Å². The van der Waals surface area contributed by atoms with Gasteiger partial charge in [0.15, 0.2) is 5.56 Å². The fraction of sp³-hybridized carbons (Fsp3) is 0.214. The molecular formula is C14H14N2O3. The highest BCUT2D eigenvalue weighted by molar-refractivity contribution is 5.94. The van der Waals surface area contributed by atoms with E-state index in [0.29, 0.717) is 11.4 Å². The second-order valence-electron chi connectivity index (χ2n) is 4.50. The molecule has 5 nitrogen and oxygen atoms in total. The predicted octanol–water partition coefficient (Wildman–Crippen LogP) is 2.26. The summed E-state index contributed by atoms with van der Waals surface area (Å²) in [6.07, 6.45) is 0.